The number of aliphatic carboxylic acids is 1. The molecular formula is C32H50N2O4S2. The lowest BCUT2D eigenvalue weighted by atomic mass is 10.1. The van der Waals surface area contributed by atoms with Crippen molar-refractivity contribution in [2.75, 3.05) is 31.1 Å². The lowest BCUT2D eigenvalue weighted by molar-refractivity contribution is -0.137. The summed E-state index contributed by atoms with van der Waals surface area (Å²) in [6.45, 7) is 4.06. The Labute approximate surface area is 250 Å². The number of carboxylic acid groups (broad SMARTS) is 1. The van der Waals surface area contributed by atoms with Crippen LogP contribution < -0.4 is 10.6 Å². The van der Waals surface area contributed by atoms with Crippen LogP contribution in [0.25, 0.3) is 0 Å². The van der Waals surface area contributed by atoms with Gasteiger partial charge in [0.2, 0.25) is 5.91 Å². The van der Waals surface area contributed by atoms with E-state index >= 15 is 0 Å². The summed E-state index contributed by atoms with van der Waals surface area (Å²) in [6, 6.07) is 0. The van der Waals surface area contributed by atoms with E-state index in [2.05, 4.69) is 90.5 Å². The second-order valence-corrected chi connectivity index (χ2v) is 11.7. The van der Waals surface area contributed by atoms with Crippen LogP contribution in [0.4, 0.5) is 0 Å². The maximum atomic E-state index is 11.9. The SMILES string of the molecule is CCC=CCC=CCC=CCC=CCC=CCC=CCCC(=O)NCCSSCCNCC(C=O)CCC(=O)O. The molecule has 8 heteroatoms. The third-order valence-corrected chi connectivity index (χ3v) is 7.82. The Morgan fingerprint density at radius 3 is 1.73 bits per heavy atom. The zero-order chi connectivity index (χ0) is 29.4. The van der Waals surface area contributed by atoms with Gasteiger partial charge in [-0.3, -0.25) is 9.59 Å². The normalized spacial score (nSPS) is 13.1. The van der Waals surface area contributed by atoms with E-state index in [9.17, 15) is 14.4 Å². The predicted molar refractivity (Wildman–Crippen MR) is 175 cm³/mol. The second-order valence-electron chi connectivity index (χ2n) is 8.98. The second kappa shape index (κ2) is 31.2. The molecule has 0 aliphatic carbocycles. The van der Waals surface area contributed by atoms with Crippen molar-refractivity contribution in [1.29, 1.82) is 0 Å². The first-order chi connectivity index (χ1) is 19.6. The van der Waals surface area contributed by atoms with E-state index in [1.807, 2.05) is 0 Å². The molecule has 1 unspecified atom stereocenters. The summed E-state index contributed by atoms with van der Waals surface area (Å²) < 4.78 is 0. The maximum absolute atomic E-state index is 11.9. The zero-order valence-corrected chi connectivity index (χ0v) is 25.8. The maximum Gasteiger partial charge on any atom is 0.303 e. The number of rotatable bonds is 27. The van der Waals surface area contributed by atoms with Crippen LogP contribution in [0.3, 0.4) is 0 Å². The summed E-state index contributed by atoms with van der Waals surface area (Å²) in [7, 11) is 3.42. The molecule has 224 valence electrons. The van der Waals surface area contributed by atoms with Crippen LogP contribution in [0.2, 0.25) is 0 Å². The number of hydrogen-bond donors (Lipinski definition) is 3. The van der Waals surface area contributed by atoms with Gasteiger partial charge in [-0.2, -0.15) is 0 Å². The number of allylic oxidation sites excluding steroid dienone is 12. The van der Waals surface area contributed by atoms with Gasteiger partial charge in [0.05, 0.1) is 0 Å². The van der Waals surface area contributed by atoms with Gasteiger partial charge in [0.15, 0.2) is 0 Å². The average molecular weight is 591 g/mol. The van der Waals surface area contributed by atoms with Crippen molar-refractivity contribution in [3.05, 3.63) is 72.9 Å². The lowest BCUT2D eigenvalue weighted by Gasteiger charge is -2.10. The lowest BCUT2D eigenvalue weighted by Crippen LogP contribution is -2.26. The first-order valence-electron chi connectivity index (χ1n) is 14.4. The minimum atomic E-state index is -0.875. The van der Waals surface area contributed by atoms with Gasteiger partial charge >= 0.3 is 5.97 Å². The molecule has 0 aromatic rings. The third-order valence-electron chi connectivity index (χ3n) is 5.42. The Kier molecular flexibility index (Phi) is 29.5. The summed E-state index contributed by atoms with van der Waals surface area (Å²) in [6.07, 6.45) is 34.4. The smallest absolute Gasteiger partial charge is 0.303 e. The molecule has 0 aliphatic rings. The molecule has 1 atom stereocenters. The predicted octanol–water partition coefficient (Wildman–Crippen LogP) is 7.23. The molecule has 0 aromatic carbocycles. The summed E-state index contributed by atoms with van der Waals surface area (Å²) in [4.78, 5) is 33.4. The molecule has 0 saturated heterocycles. The monoisotopic (exact) mass is 590 g/mol. The van der Waals surface area contributed by atoms with Crippen molar-refractivity contribution in [3.63, 3.8) is 0 Å². The fourth-order valence-electron chi connectivity index (χ4n) is 3.22. The van der Waals surface area contributed by atoms with Crippen molar-refractivity contribution in [3.8, 4) is 0 Å². The standard InChI is InChI=1S/C32H50N2O4S2/c1-2-3-4-5-6-7-8-9-10-11-12-13-14-15-16-17-18-19-20-21-31(36)34-25-27-40-39-26-24-33-28-30(29-35)22-23-32(37)38/h3-4,6-7,9-10,12-13,15-16,18-19,29-30,33H,2,5,8,11,14,17,20-28H2,1H3,(H,34,36)(H,37,38). The first-order valence-corrected chi connectivity index (χ1v) is 16.9. The van der Waals surface area contributed by atoms with Gasteiger partial charge in [-0.05, 0) is 51.4 Å². The third kappa shape index (κ3) is 30.3. The Hall–Kier alpha value is -2.29. The fraction of sp³-hybridized carbons (Fsp3) is 0.531. The highest BCUT2D eigenvalue weighted by Crippen LogP contribution is 2.19. The molecule has 1 amide bonds. The van der Waals surface area contributed by atoms with Crippen LogP contribution in [0.15, 0.2) is 72.9 Å². The Balaban J connectivity index is 3.55. The number of carbonyl (C=O) groups excluding carboxylic acids is 2. The Morgan fingerprint density at radius 1 is 0.725 bits per heavy atom. The van der Waals surface area contributed by atoms with Crippen LogP contribution in [0.1, 0.15) is 71.1 Å². The zero-order valence-electron chi connectivity index (χ0n) is 24.2. The summed E-state index contributed by atoms with van der Waals surface area (Å²) in [5.74, 6) is 0.669. The number of carbonyl (C=O) groups is 3. The first kappa shape index (κ1) is 37.7. The molecule has 0 spiro atoms. The Bertz CT molecular complexity index is 820. The summed E-state index contributed by atoms with van der Waals surface area (Å²) in [5.41, 5.74) is 0. The molecule has 0 aliphatic heterocycles. The van der Waals surface area contributed by atoms with Gasteiger partial charge in [0, 0.05) is 49.9 Å². The number of amides is 1. The van der Waals surface area contributed by atoms with Crippen LogP contribution >= 0.6 is 21.6 Å². The molecule has 0 rings (SSSR count). The van der Waals surface area contributed by atoms with Crippen molar-refractivity contribution in [2.45, 2.75) is 71.1 Å². The van der Waals surface area contributed by atoms with Gasteiger partial charge in [-0.25, -0.2) is 0 Å². The average Bonchev–Trinajstić information content (AvgIpc) is 2.94. The molecule has 6 nitrogen and oxygen atoms in total. The van der Waals surface area contributed by atoms with E-state index in [1.165, 1.54) is 0 Å². The minimum Gasteiger partial charge on any atom is -0.481 e. The highest BCUT2D eigenvalue weighted by Gasteiger charge is 2.09. The van der Waals surface area contributed by atoms with Crippen molar-refractivity contribution >= 4 is 39.8 Å². The van der Waals surface area contributed by atoms with Crippen LogP contribution in [0, 0.1) is 5.92 Å². The van der Waals surface area contributed by atoms with E-state index in [0.29, 0.717) is 25.9 Å². The van der Waals surface area contributed by atoms with Gasteiger partial charge in [-0.15, -0.1) is 0 Å². The van der Waals surface area contributed by atoms with E-state index in [4.69, 9.17) is 5.11 Å². The number of hydrogen-bond acceptors (Lipinski definition) is 6. The van der Waals surface area contributed by atoms with Crippen LogP contribution in [-0.4, -0.2) is 54.4 Å². The van der Waals surface area contributed by atoms with Crippen molar-refractivity contribution in [1.82, 2.24) is 10.6 Å². The van der Waals surface area contributed by atoms with E-state index in [-0.39, 0.29) is 18.2 Å². The van der Waals surface area contributed by atoms with Crippen molar-refractivity contribution in [2.24, 2.45) is 5.92 Å². The molecule has 0 aromatic heterocycles. The topological polar surface area (TPSA) is 95.5 Å². The van der Waals surface area contributed by atoms with Crippen LogP contribution in [-0.2, 0) is 14.4 Å². The number of carboxylic acids is 1. The van der Waals surface area contributed by atoms with Gasteiger partial charge < -0.3 is 20.5 Å². The van der Waals surface area contributed by atoms with Gasteiger partial charge in [-0.1, -0.05) is 101 Å². The number of aldehydes is 1. The fourth-order valence-corrected chi connectivity index (χ4v) is 5.08. The molecule has 3 N–H and O–H groups in total. The van der Waals surface area contributed by atoms with Crippen LogP contribution in [0.5, 0.6) is 0 Å². The largest absolute Gasteiger partial charge is 0.481 e. The molecule has 0 radical (unpaired) electrons. The molecule has 0 heterocycles. The van der Waals surface area contributed by atoms with E-state index < -0.39 is 5.97 Å². The highest BCUT2D eigenvalue weighted by molar-refractivity contribution is 8.76. The molecule has 0 fully saturated rings. The minimum absolute atomic E-state index is 0.0167. The quantitative estimate of drug-likeness (QED) is 0.0402. The van der Waals surface area contributed by atoms with E-state index in [1.54, 1.807) is 21.6 Å². The van der Waals surface area contributed by atoms with Gasteiger partial charge in [0.1, 0.15) is 6.29 Å². The summed E-state index contributed by atoms with van der Waals surface area (Å²) in [5, 5.41) is 14.8. The van der Waals surface area contributed by atoms with E-state index in [0.717, 1.165) is 69.3 Å². The van der Waals surface area contributed by atoms with Crippen molar-refractivity contribution < 1.29 is 19.5 Å². The Morgan fingerprint density at radius 2 is 1.23 bits per heavy atom. The highest BCUT2D eigenvalue weighted by atomic mass is 33.1. The van der Waals surface area contributed by atoms with Gasteiger partial charge in [0.25, 0.3) is 0 Å². The molecular weight excluding hydrogens is 540 g/mol. The molecule has 0 saturated carbocycles. The number of nitrogens with one attached hydrogen (secondary N) is 2. The summed E-state index contributed by atoms with van der Waals surface area (Å²) >= 11 is 0. The molecule has 40 heavy (non-hydrogen) atoms. The molecule has 0 bridgehead atoms.